The predicted molar refractivity (Wildman–Crippen MR) is 95.8 cm³/mol. The van der Waals surface area contributed by atoms with E-state index in [4.69, 9.17) is 23.2 Å². The lowest BCUT2D eigenvalue weighted by atomic mass is 10.2. The number of benzene rings is 1. The van der Waals surface area contributed by atoms with E-state index < -0.39 is 9.84 Å². The van der Waals surface area contributed by atoms with Crippen molar-refractivity contribution in [3.8, 4) is 0 Å². The molecule has 0 radical (unpaired) electrons. The molecule has 1 aromatic carbocycles. The first-order chi connectivity index (χ1) is 11.3. The van der Waals surface area contributed by atoms with Gasteiger partial charge in [0.1, 0.15) is 0 Å². The average molecular weight is 388 g/mol. The lowest BCUT2D eigenvalue weighted by Crippen LogP contribution is -2.25. The van der Waals surface area contributed by atoms with Gasteiger partial charge in [-0.25, -0.2) is 13.1 Å². The lowest BCUT2D eigenvalue weighted by Gasteiger charge is -2.07. The van der Waals surface area contributed by atoms with Crippen molar-refractivity contribution in [3.63, 3.8) is 0 Å². The molecule has 1 N–H and O–H groups in total. The normalized spacial score (nSPS) is 20.0. The summed E-state index contributed by atoms with van der Waals surface area (Å²) in [7, 11) is -3.08. The molecule has 2 aromatic rings. The van der Waals surface area contributed by atoms with Crippen LogP contribution in [0.25, 0.3) is 0 Å². The fourth-order valence-electron chi connectivity index (χ4n) is 2.69. The molecule has 1 atom stereocenters. The average Bonchev–Trinajstić information content (AvgIpc) is 3.00. The maximum absolute atomic E-state index is 12.5. The van der Waals surface area contributed by atoms with E-state index in [-0.39, 0.29) is 23.1 Å². The number of hydrogen-bond donors (Lipinski definition) is 1. The first-order valence-electron chi connectivity index (χ1n) is 7.27. The third-order valence-corrected chi connectivity index (χ3v) is 6.26. The highest BCUT2D eigenvalue weighted by Crippen LogP contribution is 2.28. The second kappa shape index (κ2) is 6.38. The van der Waals surface area contributed by atoms with E-state index in [1.165, 1.54) is 10.9 Å². The second-order valence-corrected chi connectivity index (χ2v) is 8.81. The zero-order valence-electron chi connectivity index (χ0n) is 12.8. The molecule has 1 aromatic heterocycles. The topological polar surface area (TPSA) is 84.3 Å². The molecule has 1 aliphatic heterocycles. The molecule has 9 heteroatoms. The van der Waals surface area contributed by atoms with Crippen molar-refractivity contribution in [3.05, 3.63) is 49.9 Å². The highest BCUT2D eigenvalue weighted by Gasteiger charge is 2.31. The van der Waals surface area contributed by atoms with E-state index in [9.17, 15) is 13.2 Å². The van der Waals surface area contributed by atoms with Gasteiger partial charge in [0, 0.05) is 16.9 Å². The number of nitrogens with zero attached hydrogens (tertiary/aromatic N) is 2. The Hall–Kier alpha value is -1.57. The van der Waals surface area contributed by atoms with Crippen LogP contribution in [0.5, 0.6) is 0 Å². The summed E-state index contributed by atoms with van der Waals surface area (Å²) in [6.07, 6.45) is 1.85. The number of rotatable bonds is 3. The quantitative estimate of drug-likeness (QED) is 0.821. The zero-order valence-corrected chi connectivity index (χ0v) is 15.1. The first kappa shape index (κ1) is 17.3. The molecule has 128 valence electrons. The number of aromatic amines is 1. The Kier molecular flexibility index (Phi) is 4.59. The summed E-state index contributed by atoms with van der Waals surface area (Å²) in [5.41, 5.74) is 1.15. The summed E-state index contributed by atoms with van der Waals surface area (Å²) < 4.78 is 24.6. The molecule has 24 heavy (non-hydrogen) atoms. The van der Waals surface area contributed by atoms with E-state index in [1.807, 2.05) is 0 Å². The zero-order chi connectivity index (χ0) is 17.5. The summed E-state index contributed by atoms with van der Waals surface area (Å²) >= 11 is 12.0. The molecule has 2 heterocycles. The number of hydrogen-bond acceptors (Lipinski definition) is 4. The Morgan fingerprint density at radius 2 is 2.12 bits per heavy atom. The van der Waals surface area contributed by atoms with Crippen molar-refractivity contribution in [2.24, 2.45) is 4.99 Å². The van der Waals surface area contributed by atoms with Gasteiger partial charge in [0.15, 0.2) is 9.84 Å². The van der Waals surface area contributed by atoms with Crippen molar-refractivity contribution < 1.29 is 8.42 Å². The SMILES string of the molecule is Cc1[nH]n([C@H]2CCS(=O)(=O)C2)c(=O)c1C=Nc1cc(Cl)ccc1Cl. The van der Waals surface area contributed by atoms with Crippen LogP contribution in [0, 0.1) is 6.92 Å². The third kappa shape index (κ3) is 3.43. The minimum Gasteiger partial charge on any atom is -0.299 e. The molecule has 0 bridgehead atoms. The highest BCUT2D eigenvalue weighted by molar-refractivity contribution is 7.91. The van der Waals surface area contributed by atoms with Crippen LogP contribution in [0.15, 0.2) is 28.0 Å². The van der Waals surface area contributed by atoms with Gasteiger partial charge < -0.3 is 0 Å². The van der Waals surface area contributed by atoms with Crippen LogP contribution < -0.4 is 5.56 Å². The Morgan fingerprint density at radius 1 is 1.38 bits per heavy atom. The van der Waals surface area contributed by atoms with Gasteiger partial charge >= 0.3 is 0 Å². The van der Waals surface area contributed by atoms with Gasteiger partial charge in [0.05, 0.1) is 33.8 Å². The first-order valence-corrected chi connectivity index (χ1v) is 9.85. The molecule has 0 unspecified atom stereocenters. The summed E-state index contributed by atoms with van der Waals surface area (Å²) in [4.78, 5) is 16.8. The molecule has 0 saturated carbocycles. The van der Waals surface area contributed by atoms with E-state index in [1.54, 1.807) is 25.1 Å². The van der Waals surface area contributed by atoms with Gasteiger partial charge in [-0.2, -0.15) is 0 Å². The van der Waals surface area contributed by atoms with Crippen molar-refractivity contribution in [1.82, 2.24) is 9.78 Å². The lowest BCUT2D eigenvalue weighted by molar-refractivity contribution is 0.483. The molecule has 1 fully saturated rings. The molecule has 1 aliphatic rings. The van der Waals surface area contributed by atoms with Crippen molar-refractivity contribution in [2.45, 2.75) is 19.4 Å². The van der Waals surface area contributed by atoms with Crippen molar-refractivity contribution in [1.29, 1.82) is 0 Å². The van der Waals surface area contributed by atoms with E-state index in [0.717, 1.165) is 0 Å². The summed E-state index contributed by atoms with van der Waals surface area (Å²) in [5, 5.41) is 3.86. The van der Waals surface area contributed by atoms with E-state index >= 15 is 0 Å². The Labute approximate surface area is 149 Å². The van der Waals surface area contributed by atoms with Crippen LogP contribution in [-0.4, -0.2) is 35.9 Å². The highest BCUT2D eigenvalue weighted by atomic mass is 35.5. The summed E-state index contributed by atoms with van der Waals surface area (Å²) in [6.45, 7) is 1.74. The van der Waals surface area contributed by atoms with E-state index in [0.29, 0.717) is 33.4 Å². The van der Waals surface area contributed by atoms with Crippen LogP contribution in [-0.2, 0) is 9.84 Å². The van der Waals surface area contributed by atoms with Crippen LogP contribution in [0.3, 0.4) is 0 Å². The third-order valence-electron chi connectivity index (χ3n) is 3.96. The predicted octanol–water partition coefficient (Wildman–Crippen LogP) is 2.90. The maximum atomic E-state index is 12.5. The van der Waals surface area contributed by atoms with Gasteiger partial charge in [0.25, 0.3) is 5.56 Å². The maximum Gasteiger partial charge on any atom is 0.275 e. The minimum atomic E-state index is -3.08. The molecular weight excluding hydrogens is 373 g/mol. The van der Waals surface area contributed by atoms with E-state index in [2.05, 4.69) is 10.1 Å². The van der Waals surface area contributed by atoms with Gasteiger partial charge in [0.2, 0.25) is 0 Å². The molecule has 0 aliphatic carbocycles. The molecule has 3 rings (SSSR count). The van der Waals surface area contributed by atoms with Crippen LogP contribution >= 0.6 is 23.2 Å². The van der Waals surface area contributed by atoms with Gasteiger partial charge in [-0.15, -0.1) is 0 Å². The standard InChI is InChI=1S/C15H15Cl2N3O3S/c1-9-12(7-18-14-6-10(16)2-3-13(14)17)15(21)20(19-9)11-4-5-24(22,23)8-11/h2-3,6-7,11,19H,4-5,8H2,1H3/t11-/m0/s1. The Balaban J connectivity index is 1.94. The number of aliphatic imine (C=N–C) groups is 1. The number of halogens is 2. The molecule has 1 saturated heterocycles. The summed E-state index contributed by atoms with van der Waals surface area (Å²) in [5.74, 6) is 0.0767. The monoisotopic (exact) mass is 387 g/mol. The molecule has 0 spiro atoms. The Morgan fingerprint density at radius 3 is 2.79 bits per heavy atom. The van der Waals surface area contributed by atoms with Crippen molar-refractivity contribution in [2.75, 3.05) is 11.5 Å². The number of aryl methyl sites for hydroxylation is 1. The molecule has 0 amide bonds. The fraction of sp³-hybridized carbons (Fsp3) is 0.333. The van der Waals surface area contributed by atoms with Gasteiger partial charge in [-0.05, 0) is 31.5 Å². The van der Waals surface area contributed by atoms with Crippen molar-refractivity contribution >= 4 is 44.9 Å². The summed E-state index contributed by atoms with van der Waals surface area (Å²) in [6, 6.07) is 4.52. The second-order valence-electron chi connectivity index (χ2n) is 5.74. The Bertz CT molecular complexity index is 976. The molecule has 6 nitrogen and oxygen atoms in total. The molecular formula is C15H15Cl2N3O3S. The minimum absolute atomic E-state index is 0.0242. The van der Waals surface area contributed by atoms with Crippen LogP contribution in [0.1, 0.15) is 23.7 Å². The number of sulfone groups is 1. The smallest absolute Gasteiger partial charge is 0.275 e. The van der Waals surface area contributed by atoms with Crippen LogP contribution in [0.2, 0.25) is 10.0 Å². The number of nitrogens with one attached hydrogen (secondary N) is 1. The van der Waals surface area contributed by atoms with Gasteiger partial charge in [-0.1, -0.05) is 23.2 Å². The van der Waals surface area contributed by atoms with Crippen LogP contribution in [0.4, 0.5) is 5.69 Å². The number of H-pyrrole nitrogens is 1. The largest absolute Gasteiger partial charge is 0.299 e. The van der Waals surface area contributed by atoms with Gasteiger partial charge in [-0.3, -0.25) is 14.9 Å². The number of aromatic nitrogens is 2. The fourth-order valence-corrected chi connectivity index (χ4v) is 4.72.